The number of carbonyl (C=O) groups is 3. The standard InChI is InChI=1S/C11H19N3O4/c1-6-4-7(8(5-6)10(16)17)9(15)13-2-3-14-11(12)18/h6-8H,2-5H2,1H3,(H,13,15)(H,16,17)(H3,12,14,18)/t6?,7-,8+/m0/s1. The molecule has 0 aromatic heterocycles. The maximum absolute atomic E-state index is 11.8. The summed E-state index contributed by atoms with van der Waals surface area (Å²) in [6.07, 6.45) is 1.12. The summed E-state index contributed by atoms with van der Waals surface area (Å²) in [5.74, 6) is -2.03. The Morgan fingerprint density at radius 1 is 1.17 bits per heavy atom. The third-order valence-electron chi connectivity index (χ3n) is 3.18. The van der Waals surface area contributed by atoms with Crippen LogP contribution >= 0.6 is 0 Å². The highest BCUT2D eigenvalue weighted by Crippen LogP contribution is 2.36. The van der Waals surface area contributed by atoms with Gasteiger partial charge in [0.25, 0.3) is 0 Å². The van der Waals surface area contributed by atoms with Gasteiger partial charge in [0.15, 0.2) is 0 Å². The van der Waals surface area contributed by atoms with E-state index in [2.05, 4.69) is 10.6 Å². The van der Waals surface area contributed by atoms with Gasteiger partial charge in [-0.1, -0.05) is 6.92 Å². The molecule has 18 heavy (non-hydrogen) atoms. The molecule has 0 heterocycles. The highest BCUT2D eigenvalue weighted by Gasteiger charge is 2.40. The largest absolute Gasteiger partial charge is 0.481 e. The molecule has 0 aromatic carbocycles. The Morgan fingerprint density at radius 2 is 1.72 bits per heavy atom. The fourth-order valence-electron chi connectivity index (χ4n) is 2.36. The van der Waals surface area contributed by atoms with Crippen molar-refractivity contribution >= 4 is 17.9 Å². The van der Waals surface area contributed by atoms with Gasteiger partial charge in [0.1, 0.15) is 0 Å². The molecule has 0 saturated heterocycles. The van der Waals surface area contributed by atoms with Crippen molar-refractivity contribution in [3.8, 4) is 0 Å². The van der Waals surface area contributed by atoms with Crippen molar-refractivity contribution in [3.63, 3.8) is 0 Å². The maximum atomic E-state index is 11.8. The summed E-state index contributed by atoms with van der Waals surface area (Å²) in [6, 6.07) is -0.651. The van der Waals surface area contributed by atoms with Gasteiger partial charge in [0.05, 0.1) is 11.8 Å². The number of aliphatic carboxylic acids is 1. The smallest absolute Gasteiger partial charge is 0.312 e. The number of carboxylic acids is 1. The predicted octanol–water partition coefficient (Wildman–Crippen LogP) is -0.482. The maximum Gasteiger partial charge on any atom is 0.312 e. The predicted molar refractivity (Wildman–Crippen MR) is 63.6 cm³/mol. The minimum Gasteiger partial charge on any atom is -0.481 e. The molecule has 1 rings (SSSR count). The van der Waals surface area contributed by atoms with E-state index in [4.69, 9.17) is 10.8 Å². The number of urea groups is 1. The summed E-state index contributed by atoms with van der Waals surface area (Å²) in [7, 11) is 0. The van der Waals surface area contributed by atoms with E-state index < -0.39 is 23.8 Å². The van der Waals surface area contributed by atoms with Crippen molar-refractivity contribution in [1.29, 1.82) is 0 Å². The average molecular weight is 257 g/mol. The Balaban J connectivity index is 2.40. The Kier molecular flexibility index (Phi) is 4.94. The number of carbonyl (C=O) groups excluding carboxylic acids is 2. The van der Waals surface area contributed by atoms with E-state index >= 15 is 0 Å². The second-order valence-electron chi connectivity index (χ2n) is 4.71. The zero-order valence-electron chi connectivity index (χ0n) is 10.3. The van der Waals surface area contributed by atoms with Crippen LogP contribution in [-0.2, 0) is 9.59 Å². The Morgan fingerprint density at radius 3 is 2.28 bits per heavy atom. The van der Waals surface area contributed by atoms with Gasteiger partial charge in [-0.2, -0.15) is 0 Å². The van der Waals surface area contributed by atoms with Crippen LogP contribution in [0.5, 0.6) is 0 Å². The van der Waals surface area contributed by atoms with E-state index in [1.54, 1.807) is 0 Å². The van der Waals surface area contributed by atoms with Gasteiger partial charge in [-0.3, -0.25) is 9.59 Å². The lowest BCUT2D eigenvalue weighted by atomic mass is 9.95. The molecule has 5 N–H and O–H groups in total. The monoisotopic (exact) mass is 257 g/mol. The lowest BCUT2D eigenvalue weighted by Crippen LogP contribution is -2.40. The first-order valence-electron chi connectivity index (χ1n) is 5.95. The molecular weight excluding hydrogens is 238 g/mol. The lowest BCUT2D eigenvalue weighted by molar-refractivity contribution is -0.146. The fraction of sp³-hybridized carbons (Fsp3) is 0.727. The van der Waals surface area contributed by atoms with Gasteiger partial charge in [0, 0.05) is 13.1 Å². The first-order valence-corrected chi connectivity index (χ1v) is 5.95. The number of nitrogens with one attached hydrogen (secondary N) is 2. The van der Waals surface area contributed by atoms with Crippen LogP contribution in [0.4, 0.5) is 4.79 Å². The van der Waals surface area contributed by atoms with Crippen molar-refractivity contribution in [2.24, 2.45) is 23.5 Å². The summed E-state index contributed by atoms with van der Waals surface area (Å²) in [5.41, 5.74) is 4.87. The molecular formula is C11H19N3O4. The number of rotatable bonds is 5. The zero-order valence-corrected chi connectivity index (χ0v) is 10.3. The fourth-order valence-corrected chi connectivity index (χ4v) is 2.36. The van der Waals surface area contributed by atoms with Crippen LogP contribution < -0.4 is 16.4 Å². The van der Waals surface area contributed by atoms with Gasteiger partial charge in [-0.15, -0.1) is 0 Å². The minimum absolute atomic E-state index is 0.237. The van der Waals surface area contributed by atoms with Gasteiger partial charge in [-0.05, 0) is 18.8 Å². The van der Waals surface area contributed by atoms with Crippen LogP contribution in [0.15, 0.2) is 0 Å². The molecule has 0 aliphatic heterocycles. The molecule has 3 amide bonds. The molecule has 1 fully saturated rings. The molecule has 0 radical (unpaired) electrons. The molecule has 7 nitrogen and oxygen atoms in total. The third kappa shape index (κ3) is 3.90. The zero-order chi connectivity index (χ0) is 13.7. The highest BCUT2D eigenvalue weighted by molar-refractivity contribution is 5.85. The molecule has 0 bridgehead atoms. The SMILES string of the molecule is CC1C[C@H](C(=O)NCCNC(N)=O)[C@H](C(=O)O)C1. The van der Waals surface area contributed by atoms with Crippen LogP contribution in [0.2, 0.25) is 0 Å². The topological polar surface area (TPSA) is 122 Å². The number of primary amides is 1. The molecule has 0 aromatic rings. The van der Waals surface area contributed by atoms with E-state index in [1.807, 2.05) is 6.92 Å². The molecule has 7 heteroatoms. The van der Waals surface area contributed by atoms with Crippen LogP contribution in [0.3, 0.4) is 0 Å². The van der Waals surface area contributed by atoms with E-state index in [-0.39, 0.29) is 24.9 Å². The molecule has 1 aliphatic carbocycles. The highest BCUT2D eigenvalue weighted by atomic mass is 16.4. The third-order valence-corrected chi connectivity index (χ3v) is 3.18. The Hall–Kier alpha value is -1.79. The van der Waals surface area contributed by atoms with Crippen molar-refractivity contribution in [1.82, 2.24) is 10.6 Å². The molecule has 1 saturated carbocycles. The van der Waals surface area contributed by atoms with E-state index in [9.17, 15) is 14.4 Å². The number of nitrogens with two attached hydrogens (primary N) is 1. The molecule has 0 spiro atoms. The minimum atomic E-state index is -0.922. The summed E-state index contributed by atoms with van der Waals surface area (Å²) < 4.78 is 0. The number of hydrogen-bond acceptors (Lipinski definition) is 3. The second-order valence-corrected chi connectivity index (χ2v) is 4.71. The van der Waals surface area contributed by atoms with Gasteiger partial charge >= 0.3 is 12.0 Å². The van der Waals surface area contributed by atoms with Gasteiger partial charge in [0.2, 0.25) is 5.91 Å². The molecule has 1 aliphatic rings. The van der Waals surface area contributed by atoms with Crippen molar-refractivity contribution in [2.45, 2.75) is 19.8 Å². The molecule has 3 atom stereocenters. The van der Waals surface area contributed by atoms with Crippen LogP contribution in [0.25, 0.3) is 0 Å². The number of carboxylic acid groups (broad SMARTS) is 1. The number of hydrogen-bond donors (Lipinski definition) is 4. The van der Waals surface area contributed by atoms with E-state index in [0.717, 1.165) is 0 Å². The second kappa shape index (κ2) is 6.23. The Labute approximate surface area is 105 Å². The van der Waals surface area contributed by atoms with Gasteiger partial charge < -0.3 is 21.5 Å². The summed E-state index contributed by atoms with van der Waals surface area (Å²) >= 11 is 0. The first-order chi connectivity index (χ1) is 8.41. The van der Waals surface area contributed by atoms with E-state index in [1.165, 1.54) is 0 Å². The average Bonchev–Trinajstić information content (AvgIpc) is 2.66. The van der Waals surface area contributed by atoms with Crippen LogP contribution in [0, 0.1) is 17.8 Å². The van der Waals surface area contributed by atoms with E-state index in [0.29, 0.717) is 12.8 Å². The van der Waals surface area contributed by atoms with Crippen molar-refractivity contribution in [2.75, 3.05) is 13.1 Å². The number of amides is 3. The molecule has 102 valence electrons. The van der Waals surface area contributed by atoms with Gasteiger partial charge in [-0.25, -0.2) is 4.79 Å². The van der Waals surface area contributed by atoms with Crippen molar-refractivity contribution in [3.05, 3.63) is 0 Å². The normalized spacial score (nSPS) is 26.6. The summed E-state index contributed by atoms with van der Waals surface area (Å²) in [5, 5.41) is 14.0. The quantitative estimate of drug-likeness (QED) is 0.497. The lowest BCUT2D eigenvalue weighted by Gasteiger charge is -2.15. The Bertz CT molecular complexity index is 345. The first kappa shape index (κ1) is 14.3. The van der Waals surface area contributed by atoms with Crippen LogP contribution in [0.1, 0.15) is 19.8 Å². The van der Waals surface area contributed by atoms with Crippen molar-refractivity contribution < 1.29 is 19.5 Å². The summed E-state index contributed by atoms with van der Waals surface area (Å²) in [4.78, 5) is 33.3. The van der Waals surface area contributed by atoms with Crippen LogP contribution in [-0.4, -0.2) is 36.1 Å². The molecule has 1 unspecified atom stereocenters. The summed E-state index contributed by atoms with van der Waals surface area (Å²) in [6.45, 7) is 2.43.